The molecule has 1 fully saturated rings. The first kappa shape index (κ1) is 19.7. The van der Waals surface area contributed by atoms with E-state index in [1.165, 1.54) is 93.8 Å². The van der Waals surface area contributed by atoms with Gasteiger partial charge in [0.25, 0.3) is 0 Å². The second-order valence-corrected chi connectivity index (χ2v) is 8.98. The van der Waals surface area contributed by atoms with Gasteiger partial charge in [-0.25, -0.2) is 0 Å². The van der Waals surface area contributed by atoms with Gasteiger partial charge in [0.15, 0.2) is 6.29 Å². The number of rotatable bonds is 10. The van der Waals surface area contributed by atoms with Crippen molar-refractivity contribution >= 4 is 17.6 Å². The highest BCUT2D eigenvalue weighted by Crippen LogP contribution is 2.43. The van der Waals surface area contributed by atoms with Crippen molar-refractivity contribution in [3.8, 4) is 0 Å². The molecule has 0 N–H and O–H groups in total. The molecule has 1 nitrogen and oxygen atoms in total. The molecule has 1 aliphatic carbocycles. The molecule has 24 heavy (non-hydrogen) atoms. The third-order valence-corrected chi connectivity index (χ3v) is 7.08. The molecule has 0 unspecified atom stereocenters. The van der Waals surface area contributed by atoms with Crippen LogP contribution >= 0.6 is 11.3 Å². The number of aldehydes is 1. The van der Waals surface area contributed by atoms with Crippen LogP contribution in [0.15, 0.2) is 0 Å². The lowest BCUT2D eigenvalue weighted by Gasteiger charge is -2.23. The van der Waals surface area contributed by atoms with Crippen LogP contribution in [0.25, 0.3) is 0 Å². The predicted molar refractivity (Wildman–Crippen MR) is 107 cm³/mol. The summed E-state index contributed by atoms with van der Waals surface area (Å²) < 4.78 is 0. The average Bonchev–Trinajstić information content (AvgIpc) is 2.97. The van der Waals surface area contributed by atoms with Gasteiger partial charge in [-0.1, -0.05) is 72.1 Å². The highest BCUT2D eigenvalue weighted by atomic mass is 32.1. The van der Waals surface area contributed by atoms with E-state index in [2.05, 4.69) is 20.8 Å². The van der Waals surface area contributed by atoms with E-state index in [9.17, 15) is 4.79 Å². The Kier molecular flexibility index (Phi) is 8.52. The van der Waals surface area contributed by atoms with Crippen molar-refractivity contribution in [2.45, 2.75) is 110 Å². The highest BCUT2D eigenvalue weighted by molar-refractivity contribution is 7.12. The minimum Gasteiger partial charge on any atom is -0.298 e. The SMILES string of the molecule is CCCCCCCCc1sc(C(C)C)c(C=O)c1C1CCCCC1. The van der Waals surface area contributed by atoms with Gasteiger partial charge < -0.3 is 0 Å². The molecule has 0 aromatic carbocycles. The summed E-state index contributed by atoms with van der Waals surface area (Å²) in [7, 11) is 0. The van der Waals surface area contributed by atoms with E-state index in [1.54, 1.807) is 4.88 Å². The van der Waals surface area contributed by atoms with Crippen molar-refractivity contribution in [1.29, 1.82) is 0 Å². The quantitative estimate of drug-likeness (QED) is 0.314. The van der Waals surface area contributed by atoms with Gasteiger partial charge in [0, 0.05) is 15.3 Å². The molecule has 1 heterocycles. The molecule has 0 radical (unpaired) electrons. The Morgan fingerprint density at radius 3 is 2.33 bits per heavy atom. The maximum atomic E-state index is 11.9. The van der Waals surface area contributed by atoms with Crippen molar-refractivity contribution in [2.75, 3.05) is 0 Å². The molecule has 1 aromatic rings. The molecular formula is C22H36OS. The Morgan fingerprint density at radius 2 is 1.71 bits per heavy atom. The molecular weight excluding hydrogens is 312 g/mol. The molecule has 0 spiro atoms. The number of hydrogen-bond acceptors (Lipinski definition) is 2. The molecule has 0 atom stereocenters. The monoisotopic (exact) mass is 348 g/mol. The maximum absolute atomic E-state index is 11.9. The maximum Gasteiger partial charge on any atom is 0.151 e. The molecule has 0 aliphatic heterocycles. The lowest BCUT2D eigenvalue weighted by molar-refractivity contribution is 0.112. The fourth-order valence-electron chi connectivity index (χ4n) is 4.17. The number of hydrogen-bond donors (Lipinski definition) is 0. The Hall–Kier alpha value is -0.630. The van der Waals surface area contributed by atoms with Gasteiger partial charge >= 0.3 is 0 Å². The summed E-state index contributed by atoms with van der Waals surface area (Å²) in [6.45, 7) is 6.74. The van der Waals surface area contributed by atoms with Crippen LogP contribution in [-0.2, 0) is 6.42 Å². The summed E-state index contributed by atoms with van der Waals surface area (Å²) in [6.07, 6.45) is 17.1. The summed E-state index contributed by atoms with van der Waals surface area (Å²) in [5, 5.41) is 0. The van der Waals surface area contributed by atoms with Gasteiger partial charge in [-0.15, -0.1) is 11.3 Å². The van der Waals surface area contributed by atoms with Crippen LogP contribution in [0.3, 0.4) is 0 Å². The minimum atomic E-state index is 0.468. The lowest BCUT2D eigenvalue weighted by Crippen LogP contribution is -2.08. The number of unbranched alkanes of at least 4 members (excludes halogenated alkanes) is 5. The zero-order valence-electron chi connectivity index (χ0n) is 16.0. The van der Waals surface area contributed by atoms with Crippen LogP contribution < -0.4 is 0 Å². The third kappa shape index (κ3) is 5.18. The molecule has 1 aromatic heterocycles. The van der Waals surface area contributed by atoms with Crippen molar-refractivity contribution in [3.63, 3.8) is 0 Å². The topological polar surface area (TPSA) is 17.1 Å². The minimum absolute atomic E-state index is 0.468. The standard InChI is InChI=1S/C22H36OS/c1-4-5-6-7-8-12-15-20-21(18-13-10-9-11-14-18)19(16-23)22(24-20)17(2)3/h16-18H,4-15H2,1-3H3. The van der Waals surface area contributed by atoms with Gasteiger partial charge in [0.2, 0.25) is 0 Å². The lowest BCUT2D eigenvalue weighted by atomic mass is 9.81. The summed E-state index contributed by atoms with van der Waals surface area (Å²) in [5.74, 6) is 1.12. The molecule has 1 aliphatic rings. The van der Waals surface area contributed by atoms with Crippen LogP contribution in [0, 0.1) is 0 Å². The smallest absolute Gasteiger partial charge is 0.151 e. The summed E-state index contributed by atoms with van der Waals surface area (Å²) in [6, 6.07) is 0. The molecule has 2 rings (SSSR count). The molecule has 1 saturated carbocycles. The second kappa shape index (κ2) is 10.4. The Labute approximate surface area is 153 Å². The normalized spacial score (nSPS) is 16.0. The first-order valence-electron chi connectivity index (χ1n) is 10.3. The zero-order chi connectivity index (χ0) is 17.4. The van der Waals surface area contributed by atoms with E-state index >= 15 is 0 Å². The van der Waals surface area contributed by atoms with Crippen LogP contribution in [0.1, 0.15) is 129 Å². The third-order valence-electron chi connectivity index (χ3n) is 5.50. The van der Waals surface area contributed by atoms with Crippen LogP contribution in [0.5, 0.6) is 0 Å². The average molecular weight is 349 g/mol. The largest absolute Gasteiger partial charge is 0.298 e. The number of carbonyl (C=O) groups is 1. The Balaban J connectivity index is 2.10. The second-order valence-electron chi connectivity index (χ2n) is 7.84. The van der Waals surface area contributed by atoms with E-state index in [1.807, 2.05) is 11.3 Å². The zero-order valence-corrected chi connectivity index (χ0v) is 16.9. The van der Waals surface area contributed by atoms with Gasteiger partial charge in [-0.05, 0) is 43.1 Å². The Morgan fingerprint density at radius 1 is 1.04 bits per heavy atom. The van der Waals surface area contributed by atoms with Crippen molar-refractivity contribution < 1.29 is 4.79 Å². The first-order chi connectivity index (χ1) is 11.7. The van der Waals surface area contributed by atoms with Crippen molar-refractivity contribution in [3.05, 3.63) is 20.9 Å². The fraction of sp³-hybridized carbons (Fsp3) is 0.773. The summed E-state index contributed by atoms with van der Waals surface area (Å²) in [5.41, 5.74) is 2.54. The van der Waals surface area contributed by atoms with E-state index in [0.29, 0.717) is 11.8 Å². The number of aryl methyl sites for hydroxylation is 1. The number of thiophene rings is 1. The Bertz CT molecular complexity index is 494. The molecule has 0 bridgehead atoms. The fourth-order valence-corrected chi connectivity index (χ4v) is 5.57. The van der Waals surface area contributed by atoms with Gasteiger partial charge in [-0.2, -0.15) is 0 Å². The molecule has 0 amide bonds. The highest BCUT2D eigenvalue weighted by Gasteiger charge is 2.26. The van der Waals surface area contributed by atoms with Crippen LogP contribution in [0.2, 0.25) is 0 Å². The summed E-state index contributed by atoms with van der Waals surface area (Å²) >= 11 is 1.95. The molecule has 2 heteroatoms. The summed E-state index contributed by atoms with van der Waals surface area (Å²) in [4.78, 5) is 14.7. The van der Waals surface area contributed by atoms with Gasteiger partial charge in [-0.3, -0.25) is 4.79 Å². The van der Waals surface area contributed by atoms with E-state index in [0.717, 1.165) is 5.56 Å². The predicted octanol–water partition coefficient (Wildman–Crippen LogP) is 7.63. The number of carbonyl (C=O) groups excluding carboxylic acids is 1. The van der Waals surface area contributed by atoms with E-state index < -0.39 is 0 Å². The van der Waals surface area contributed by atoms with Crippen molar-refractivity contribution in [2.24, 2.45) is 0 Å². The van der Waals surface area contributed by atoms with Crippen LogP contribution in [0.4, 0.5) is 0 Å². The van der Waals surface area contributed by atoms with E-state index in [-0.39, 0.29) is 0 Å². The van der Waals surface area contributed by atoms with Gasteiger partial charge in [0.05, 0.1) is 0 Å². The van der Waals surface area contributed by atoms with Gasteiger partial charge in [0.1, 0.15) is 0 Å². The molecule has 136 valence electrons. The van der Waals surface area contributed by atoms with Crippen molar-refractivity contribution in [1.82, 2.24) is 0 Å². The van der Waals surface area contributed by atoms with E-state index in [4.69, 9.17) is 0 Å². The van der Waals surface area contributed by atoms with Crippen LogP contribution in [-0.4, -0.2) is 6.29 Å². The first-order valence-corrected chi connectivity index (χ1v) is 11.1. The molecule has 0 saturated heterocycles.